The average molecular weight is 477 g/mol. The number of methoxy groups -OCH3 is 2. The van der Waals surface area contributed by atoms with E-state index in [4.69, 9.17) is 13.9 Å². The number of nitrogens with zero attached hydrogens (tertiary/aromatic N) is 2. The van der Waals surface area contributed by atoms with Crippen LogP contribution in [0.5, 0.6) is 11.5 Å². The third-order valence-corrected chi connectivity index (χ3v) is 5.91. The van der Waals surface area contributed by atoms with Crippen LogP contribution < -0.4 is 20.2 Å². The van der Waals surface area contributed by atoms with Crippen LogP contribution in [0.25, 0.3) is 0 Å². The van der Waals surface area contributed by atoms with Gasteiger partial charge in [0.05, 0.1) is 19.9 Å². The number of hydrogen-bond acceptors (Lipinski definition) is 7. The lowest BCUT2D eigenvalue weighted by molar-refractivity contribution is 0.0922. The lowest BCUT2D eigenvalue weighted by atomic mass is 9.93. The van der Waals surface area contributed by atoms with E-state index in [1.165, 1.54) is 0 Å². The number of pyridine rings is 1. The molecule has 4 rings (SSSR count). The molecule has 0 bridgehead atoms. The Labute approximate surface area is 203 Å². The monoisotopic (exact) mass is 476 g/mol. The van der Waals surface area contributed by atoms with E-state index < -0.39 is 0 Å². The molecule has 35 heavy (non-hydrogen) atoms. The highest BCUT2D eigenvalue weighted by Gasteiger charge is 2.28. The van der Waals surface area contributed by atoms with E-state index in [1.54, 1.807) is 38.7 Å². The summed E-state index contributed by atoms with van der Waals surface area (Å²) in [5.41, 5.74) is 6.32. The van der Waals surface area contributed by atoms with Crippen molar-refractivity contribution in [2.45, 2.75) is 32.6 Å². The zero-order valence-corrected chi connectivity index (χ0v) is 20.0. The third-order valence-electron chi connectivity index (χ3n) is 5.91. The molecular formula is C26H28N4O5. The van der Waals surface area contributed by atoms with E-state index in [-0.39, 0.29) is 17.6 Å². The molecule has 0 saturated carbocycles. The molecule has 182 valence electrons. The smallest absolute Gasteiger partial charge is 0.287 e. The molecule has 9 nitrogen and oxygen atoms in total. The Morgan fingerprint density at radius 2 is 1.83 bits per heavy atom. The summed E-state index contributed by atoms with van der Waals surface area (Å²) < 4.78 is 16.5. The number of amides is 2. The quantitative estimate of drug-likeness (QED) is 0.481. The first-order valence-electron chi connectivity index (χ1n) is 11.4. The van der Waals surface area contributed by atoms with Crippen LogP contribution in [-0.2, 0) is 12.8 Å². The lowest BCUT2D eigenvalue weighted by Crippen LogP contribution is -2.26. The summed E-state index contributed by atoms with van der Waals surface area (Å²) in [6.45, 7) is 2.28. The minimum absolute atomic E-state index is 0.275. The lowest BCUT2D eigenvalue weighted by Gasteiger charge is -2.13. The molecule has 1 aliphatic carbocycles. The van der Waals surface area contributed by atoms with Gasteiger partial charge in [0.25, 0.3) is 11.8 Å². The van der Waals surface area contributed by atoms with E-state index in [9.17, 15) is 9.59 Å². The van der Waals surface area contributed by atoms with Gasteiger partial charge in [-0.15, -0.1) is 0 Å². The molecule has 3 aromatic rings. The van der Waals surface area contributed by atoms with Gasteiger partial charge in [-0.05, 0) is 56.0 Å². The first-order valence-corrected chi connectivity index (χ1v) is 11.4. The number of rotatable bonds is 8. The number of benzene rings is 1. The van der Waals surface area contributed by atoms with Crippen LogP contribution in [0.4, 0.5) is 0 Å². The molecule has 2 heterocycles. The molecule has 9 heteroatoms. The third kappa shape index (κ3) is 5.34. The SMILES string of the molecule is COc1ccc(CCNC(=O)c2oc3c(c2C)/C(=N/NC(=O)c2ccncc2)CCC3)cc1OC. The van der Waals surface area contributed by atoms with E-state index in [0.717, 1.165) is 28.9 Å². The fourth-order valence-electron chi connectivity index (χ4n) is 4.12. The van der Waals surface area contributed by atoms with Crippen molar-refractivity contribution in [2.24, 2.45) is 5.10 Å². The van der Waals surface area contributed by atoms with Crippen molar-refractivity contribution in [3.05, 3.63) is 76.5 Å². The normalized spacial score (nSPS) is 13.7. The summed E-state index contributed by atoms with van der Waals surface area (Å²) in [4.78, 5) is 29.2. The summed E-state index contributed by atoms with van der Waals surface area (Å²) in [6, 6.07) is 8.91. The molecule has 0 saturated heterocycles. The second-order valence-electron chi connectivity index (χ2n) is 8.14. The molecule has 0 aliphatic heterocycles. The number of hydrazone groups is 1. The molecule has 0 spiro atoms. The van der Waals surface area contributed by atoms with Crippen molar-refractivity contribution in [3.63, 3.8) is 0 Å². The number of hydrogen-bond donors (Lipinski definition) is 2. The van der Waals surface area contributed by atoms with E-state index in [0.29, 0.717) is 48.6 Å². The Kier molecular flexibility index (Phi) is 7.45. The molecule has 0 unspecified atom stereocenters. The van der Waals surface area contributed by atoms with Gasteiger partial charge in [0.2, 0.25) is 0 Å². The predicted octanol–water partition coefficient (Wildman–Crippen LogP) is 3.44. The average Bonchev–Trinajstić information content (AvgIpc) is 3.24. The molecular weight excluding hydrogens is 448 g/mol. The van der Waals surface area contributed by atoms with Crippen LogP contribution in [0.15, 0.2) is 52.2 Å². The maximum absolute atomic E-state index is 12.9. The maximum atomic E-state index is 12.9. The highest BCUT2D eigenvalue weighted by Crippen LogP contribution is 2.30. The Morgan fingerprint density at radius 1 is 1.06 bits per heavy atom. The van der Waals surface area contributed by atoms with Gasteiger partial charge in [0, 0.05) is 42.0 Å². The number of ether oxygens (including phenoxy) is 2. The zero-order valence-electron chi connectivity index (χ0n) is 20.0. The van der Waals surface area contributed by atoms with Gasteiger partial charge in [0.1, 0.15) is 5.76 Å². The highest BCUT2D eigenvalue weighted by atomic mass is 16.5. The largest absolute Gasteiger partial charge is 0.493 e. The van der Waals surface area contributed by atoms with Gasteiger partial charge < -0.3 is 19.2 Å². The number of aromatic nitrogens is 1. The van der Waals surface area contributed by atoms with Gasteiger partial charge in [-0.1, -0.05) is 6.07 Å². The predicted molar refractivity (Wildman–Crippen MR) is 130 cm³/mol. The molecule has 2 aromatic heterocycles. The van der Waals surface area contributed by atoms with Crippen LogP contribution in [0.1, 0.15) is 56.2 Å². The van der Waals surface area contributed by atoms with Crippen LogP contribution in [-0.4, -0.2) is 43.3 Å². The molecule has 2 amide bonds. The van der Waals surface area contributed by atoms with Crippen molar-refractivity contribution < 1.29 is 23.5 Å². The summed E-state index contributed by atoms with van der Waals surface area (Å²) in [5.74, 6) is 1.70. The van der Waals surface area contributed by atoms with Gasteiger partial charge in [-0.3, -0.25) is 14.6 Å². The Balaban J connectivity index is 1.43. The molecule has 2 N–H and O–H groups in total. The highest BCUT2D eigenvalue weighted by molar-refractivity contribution is 6.07. The van der Waals surface area contributed by atoms with Crippen LogP contribution in [0, 0.1) is 6.92 Å². The van der Waals surface area contributed by atoms with E-state index >= 15 is 0 Å². The van der Waals surface area contributed by atoms with Crippen molar-refractivity contribution in [2.75, 3.05) is 20.8 Å². The molecule has 0 atom stereocenters. The summed E-state index contributed by atoms with van der Waals surface area (Å²) >= 11 is 0. The summed E-state index contributed by atoms with van der Waals surface area (Å²) in [5, 5.41) is 7.28. The zero-order chi connectivity index (χ0) is 24.8. The maximum Gasteiger partial charge on any atom is 0.287 e. The number of nitrogens with one attached hydrogen (secondary N) is 2. The van der Waals surface area contributed by atoms with Gasteiger partial charge in [-0.2, -0.15) is 5.10 Å². The van der Waals surface area contributed by atoms with Crippen LogP contribution in [0.2, 0.25) is 0 Å². The van der Waals surface area contributed by atoms with Gasteiger partial charge in [-0.25, -0.2) is 5.43 Å². The van der Waals surface area contributed by atoms with Crippen LogP contribution >= 0.6 is 0 Å². The van der Waals surface area contributed by atoms with Gasteiger partial charge >= 0.3 is 0 Å². The molecule has 1 aliphatic rings. The van der Waals surface area contributed by atoms with E-state index in [1.807, 2.05) is 25.1 Å². The van der Waals surface area contributed by atoms with Crippen molar-refractivity contribution >= 4 is 17.5 Å². The molecule has 1 aromatic carbocycles. The Bertz CT molecular complexity index is 1250. The minimum atomic E-state index is -0.318. The summed E-state index contributed by atoms with van der Waals surface area (Å²) in [6.07, 6.45) is 5.95. The standard InChI is InChI=1S/C26H28N4O5/c1-16-23-19(29-30-25(31)18-10-12-27-13-11-18)5-4-6-21(23)35-24(16)26(32)28-14-9-17-7-8-20(33-2)22(15-17)34-3/h7-8,10-13,15H,4-6,9,14H2,1-3H3,(H,28,32)(H,30,31)/b29-19+. The van der Waals surface area contributed by atoms with Crippen molar-refractivity contribution in [3.8, 4) is 11.5 Å². The first kappa shape index (κ1) is 24.0. The summed E-state index contributed by atoms with van der Waals surface area (Å²) in [7, 11) is 3.18. The Hall–Kier alpha value is -4.14. The Morgan fingerprint density at radius 3 is 2.57 bits per heavy atom. The first-order chi connectivity index (χ1) is 17.0. The fourth-order valence-corrected chi connectivity index (χ4v) is 4.12. The molecule has 0 fully saturated rings. The number of carbonyl (C=O) groups excluding carboxylic acids is 2. The number of furan rings is 1. The second-order valence-corrected chi connectivity index (χ2v) is 8.14. The number of carbonyl (C=O) groups is 2. The van der Waals surface area contributed by atoms with Gasteiger partial charge in [0.15, 0.2) is 17.3 Å². The number of fused-ring (bicyclic) bond motifs is 1. The number of aryl methyl sites for hydroxylation is 1. The fraction of sp³-hybridized carbons (Fsp3) is 0.308. The van der Waals surface area contributed by atoms with Crippen molar-refractivity contribution in [1.82, 2.24) is 15.7 Å². The second kappa shape index (κ2) is 10.9. The van der Waals surface area contributed by atoms with Crippen molar-refractivity contribution in [1.29, 1.82) is 0 Å². The molecule has 0 radical (unpaired) electrons. The topological polar surface area (TPSA) is 115 Å². The van der Waals surface area contributed by atoms with E-state index in [2.05, 4.69) is 20.8 Å². The minimum Gasteiger partial charge on any atom is -0.493 e. The van der Waals surface area contributed by atoms with Crippen LogP contribution in [0.3, 0.4) is 0 Å².